The third kappa shape index (κ3) is 3.09. The van der Waals surface area contributed by atoms with Gasteiger partial charge in [-0.05, 0) is 24.3 Å². The summed E-state index contributed by atoms with van der Waals surface area (Å²) in [5.41, 5.74) is -0.0250. The second-order valence-electron chi connectivity index (χ2n) is 3.51. The zero-order valence-corrected chi connectivity index (χ0v) is 9.45. The Bertz CT molecular complexity index is 611. The Kier molecular flexibility index (Phi) is 3.46. The number of aromatic nitrogens is 1. The van der Waals surface area contributed by atoms with E-state index in [1.807, 2.05) is 0 Å². The fourth-order valence-corrected chi connectivity index (χ4v) is 1.30. The van der Waals surface area contributed by atoms with Gasteiger partial charge in [0.15, 0.2) is 0 Å². The molecule has 7 heteroatoms. The Hall–Kier alpha value is -2.83. The normalized spacial score (nSPS) is 9.95. The number of benzene rings is 1. The summed E-state index contributed by atoms with van der Waals surface area (Å²) in [6, 6.07) is 7.29. The number of ether oxygens (including phenoxy) is 1. The van der Waals surface area contributed by atoms with E-state index < -0.39 is 16.8 Å². The molecule has 0 N–H and O–H groups in total. The molecule has 1 aromatic heterocycles. The number of pyridine rings is 1. The minimum atomic E-state index is -0.721. The van der Waals surface area contributed by atoms with Crippen molar-refractivity contribution >= 4 is 11.7 Å². The Morgan fingerprint density at radius 2 is 1.89 bits per heavy atom. The zero-order chi connectivity index (χ0) is 13.8. The molecule has 0 saturated heterocycles. The van der Waals surface area contributed by atoms with Crippen LogP contribution < -0.4 is 4.74 Å². The molecule has 0 radical (unpaired) electrons. The van der Waals surface area contributed by atoms with Gasteiger partial charge in [-0.25, -0.2) is 9.78 Å². The summed E-state index contributed by atoms with van der Waals surface area (Å²) in [7, 11) is 0. The van der Waals surface area contributed by atoms with Crippen molar-refractivity contribution in [1.29, 1.82) is 0 Å². The number of nitro benzene ring substituents is 1. The van der Waals surface area contributed by atoms with Crippen LogP contribution in [0.3, 0.4) is 0 Å². The van der Waals surface area contributed by atoms with E-state index in [-0.39, 0.29) is 17.0 Å². The van der Waals surface area contributed by atoms with Crippen molar-refractivity contribution in [2.24, 2.45) is 0 Å². The largest absolute Gasteiger partial charge is 0.423 e. The van der Waals surface area contributed by atoms with Crippen molar-refractivity contribution in [2.45, 2.75) is 0 Å². The van der Waals surface area contributed by atoms with Gasteiger partial charge in [0.25, 0.3) is 5.69 Å². The maximum Gasteiger partial charge on any atom is 0.345 e. The van der Waals surface area contributed by atoms with Gasteiger partial charge in [-0.15, -0.1) is 0 Å². The molecule has 0 fully saturated rings. The summed E-state index contributed by atoms with van der Waals surface area (Å²) in [6.07, 6.45) is 1.04. The third-order valence-electron chi connectivity index (χ3n) is 2.22. The minimum Gasteiger partial charge on any atom is -0.423 e. The molecule has 1 heterocycles. The van der Waals surface area contributed by atoms with Crippen LogP contribution in [-0.2, 0) is 0 Å². The van der Waals surface area contributed by atoms with Gasteiger partial charge in [-0.2, -0.15) is 4.39 Å². The van der Waals surface area contributed by atoms with E-state index in [0.717, 1.165) is 12.3 Å². The molecule has 2 rings (SSSR count). The van der Waals surface area contributed by atoms with Gasteiger partial charge in [0.1, 0.15) is 5.75 Å². The lowest BCUT2D eigenvalue weighted by atomic mass is 10.3. The van der Waals surface area contributed by atoms with Gasteiger partial charge in [-0.3, -0.25) is 10.1 Å². The molecule has 0 amide bonds. The molecular formula is C12H7FN2O4. The molecule has 19 heavy (non-hydrogen) atoms. The number of rotatable bonds is 3. The van der Waals surface area contributed by atoms with Gasteiger partial charge in [0, 0.05) is 18.3 Å². The molecule has 0 unspecified atom stereocenters. The van der Waals surface area contributed by atoms with Crippen LogP contribution in [0.4, 0.5) is 10.1 Å². The van der Waals surface area contributed by atoms with E-state index in [1.54, 1.807) is 0 Å². The molecular weight excluding hydrogens is 255 g/mol. The van der Waals surface area contributed by atoms with E-state index in [1.165, 1.54) is 30.3 Å². The topological polar surface area (TPSA) is 82.3 Å². The van der Waals surface area contributed by atoms with Crippen molar-refractivity contribution < 1.29 is 18.8 Å². The van der Waals surface area contributed by atoms with Gasteiger partial charge < -0.3 is 4.74 Å². The van der Waals surface area contributed by atoms with Crippen molar-refractivity contribution in [2.75, 3.05) is 0 Å². The molecule has 0 atom stereocenters. The fraction of sp³-hybridized carbons (Fsp3) is 0. The first kappa shape index (κ1) is 12.6. The number of esters is 1. The van der Waals surface area contributed by atoms with Gasteiger partial charge in [-0.1, -0.05) is 0 Å². The van der Waals surface area contributed by atoms with Crippen LogP contribution in [0.25, 0.3) is 0 Å². The number of carbonyl (C=O) groups is 1. The SMILES string of the molecule is O=C(Oc1ccc([N+](=O)[O-])cc1)c1ccc(F)nc1. The Balaban J connectivity index is 2.10. The fourth-order valence-electron chi connectivity index (χ4n) is 1.30. The number of halogens is 1. The summed E-state index contributed by atoms with van der Waals surface area (Å²) in [5, 5.41) is 10.4. The molecule has 0 aliphatic rings. The first-order chi connectivity index (χ1) is 9.06. The zero-order valence-electron chi connectivity index (χ0n) is 9.45. The quantitative estimate of drug-likeness (QED) is 0.279. The lowest BCUT2D eigenvalue weighted by molar-refractivity contribution is -0.384. The van der Waals surface area contributed by atoms with Crippen LogP contribution in [0.1, 0.15) is 10.4 Å². The van der Waals surface area contributed by atoms with Crippen LogP contribution >= 0.6 is 0 Å². The number of nitro groups is 1. The van der Waals surface area contributed by atoms with Gasteiger partial charge in [0.2, 0.25) is 5.95 Å². The second-order valence-corrected chi connectivity index (χ2v) is 3.51. The van der Waals surface area contributed by atoms with Crippen LogP contribution in [0.15, 0.2) is 42.6 Å². The molecule has 0 spiro atoms. The van der Waals surface area contributed by atoms with Crippen molar-refractivity contribution in [1.82, 2.24) is 4.98 Å². The van der Waals surface area contributed by atoms with Gasteiger partial charge >= 0.3 is 5.97 Å². The van der Waals surface area contributed by atoms with E-state index in [9.17, 15) is 19.3 Å². The third-order valence-corrected chi connectivity index (χ3v) is 2.22. The van der Waals surface area contributed by atoms with Crippen LogP contribution in [-0.4, -0.2) is 15.9 Å². The summed E-state index contributed by atoms with van der Waals surface area (Å²) < 4.78 is 17.5. The lowest BCUT2D eigenvalue weighted by Crippen LogP contribution is -2.09. The maximum absolute atomic E-state index is 12.6. The summed E-state index contributed by atoms with van der Waals surface area (Å²) in [4.78, 5) is 24.8. The first-order valence-electron chi connectivity index (χ1n) is 5.14. The van der Waals surface area contributed by atoms with Crippen molar-refractivity contribution in [3.8, 4) is 5.75 Å². The monoisotopic (exact) mass is 262 g/mol. The van der Waals surface area contributed by atoms with E-state index in [0.29, 0.717) is 0 Å². The average Bonchev–Trinajstić information content (AvgIpc) is 2.40. The second kappa shape index (κ2) is 5.21. The molecule has 0 aliphatic heterocycles. The predicted octanol–water partition coefficient (Wildman–Crippen LogP) is 2.35. The molecule has 2 aromatic rings. The van der Waals surface area contributed by atoms with Crippen LogP contribution in [0.5, 0.6) is 5.75 Å². The molecule has 0 bridgehead atoms. The average molecular weight is 262 g/mol. The number of nitrogens with zero attached hydrogens (tertiary/aromatic N) is 2. The molecule has 0 aliphatic carbocycles. The summed E-state index contributed by atoms with van der Waals surface area (Å²) in [6.45, 7) is 0. The van der Waals surface area contributed by atoms with E-state index >= 15 is 0 Å². The van der Waals surface area contributed by atoms with Crippen LogP contribution in [0.2, 0.25) is 0 Å². The Labute approximate surface area is 106 Å². The molecule has 6 nitrogen and oxygen atoms in total. The highest BCUT2D eigenvalue weighted by atomic mass is 19.1. The number of carbonyl (C=O) groups excluding carboxylic acids is 1. The number of hydrogen-bond acceptors (Lipinski definition) is 5. The van der Waals surface area contributed by atoms with Crippen molar-refractivity contribution in [3.63, 3.8) is 0 Å². The minimum absolute atomic E-state index is 0.0831. The first-order valence-corrected chi connectivity index (χ1v) is 5.14. The van der Waals surface area contributed by atoms with Crippen molar-refractivity contribution in [3.05, 3.63) is 64.2 Å². The number of hydrogen-bond donors (Lipinski definition) is 0. The molecule has 0 saturated carbocycles. The smallest absolute Gasteiger partial charge is 0.345 e. The standard InChI is InChI=1S/C12H7FN2O4/c13-11-6-1-8(7-14-11)12(16)19-10-4-2-9(3-5-10)15(17)18/h1-7H. The summed E-state index contributed by atoms with van der Waals surface area (Å²) in [5.74, 6) is -1.27. The lowest BCUT2D eigenvalue weighted by Gasteiger charge is -2.03. The summed E-state index contributed by atoms with van der Waals surface area (Å²) >= 11 is 0. The highest BCUT2D eigenvalue weighted by Gasteiger charge is 2.10. The predicted molar refractivity (Wildman–Crippen MR) is 62.2 cm³/mol. The van der Waals surface area contributed by atoms with Crippen LogP contribution in [0, 0.1) is 16.1 Å². The number of non-ortho nitro benzene ring substituents is 1. The Morgan fingerprint density at radius 1 is 1.21 bits per heavy atom. The van der Waals surface area contributed by atoms with E-state index in [4.69, 9.17) is 4.74 Å². The maximum atomic E-state index is 12.6. The Morgan fingerprint density at radius 3 is 2.42 bits per heavy atom. The van der Waals surface area contributed by atoms with Gasteiger partial charge in [0.05, 0.1) is 10.5 Å². The molecule has 1 aromatic carbocycles. The highest BCUT2D eigenvalue weighted by molar-refractivity contribution is 5.90. The van der Waals surface area contributed by atoms with E-state index in [2.05, 4.69) is 4.98 Å². The highest BCUT2D eigenvalue weighted by Crippen LogP contribution is 2.18. The molecule has 96 valence electrons.